The van der Waals surface area contributed by atoms with Crippen LogP contribution in [0.3, 0.4) is 0 Å². The van der Waals surface area contributed by atoms with Crippen LogP contribution in [0.5, 0.6) is 5.75 Å². The Morgan fingerprint density at radius 1 is 1.39 bits per heavy atom. The van der Waals surface area contributed by atoms with Gasteiger partial charge in [0.05, 0.1) is 12.5 Å². The zero-order valence-electron chi connectivity index (χ0n) is 13.4. The molecular formula is C16H22N2O5. The Bertz CT molecular complexity index is 576. The molecule has 0 aliphatic carbocycles. The number of carboxylic acids is 1. The molecular weight excluding hydrogens is 300 g/mol. The van der Waals surface area contributed by atoms with E-state index in [0.717, 1.165) is 5.56 Å². The number of rotatable bonds is 6. The maximum Gasteiger partial charge on any atom is 0.321 e. The second-order valence-electron chi connectivity index (χ2n) is 5.52. The molecule has 23 heavy (non-hydrogen) atoms. The van der Waals surface area contributed by atoms with Gasteiger partial charge in [-0.3, -0.25) is 4.79 Å². The summed E-state index contributed by atoms with van der Waals surface area (Å²) in [5, 5.41) is 11.8. The molecule has 0 saturated carbocycles. The summed E-state index contributed by atoms with van der Waals surface area (Å²) in [7, 11) is 1.61. The highest BCUT2D eigenvalue weighted by Crippen LogP contribution is 2.23. The van der Waals surface area contributed by atoms with Crippen LogP contribution in [0.25, 0.3) is 0 Å². The first kappa shape index (κ1) is 17.1. The first-order valence-corrected chi connectivity index (χ1v) is 7.52. The van der Waals surface area contributed by atoms with Crippen LogP contribution >= 0.6 is 0 Å². The minimum atomic E-state index is -0.853. The molecule has 7 heteroatoms. The number of aliphatic carboxylic acids is 1. The summed E-state index contributed by atoms with van der Waals surface area (Å²) >= 11 is 0. The number of benzene rings is 1. The molecule has 2 amide bonds. The third-order valence-corrected chi connectivity index (χ3v) is 3.82. The number of urea groups is 1. The predicted octanol–water partition coefficient (Wildman–Crippen LogP) is 1.96. The first-order chi connectivity index (χ1) is 11.0. The van der Waals surface area contributed by atoms with Crippen LogP contribution in [0, 0.1) is 12.8 Å². The number of hydrogen-bond acceptors (Lipinski definition) is 4. The molecule has 1 aliphatic rings. The number of nitrogens with one attached hydrogen (secondary N) is 1. The Morgan fingerprint density at radius 3 is 2.78 bits per heavy atom. The fourth-order valence-corrected chi connectivity index (χ4v) is 2.45. The van der Waals surface area contributed by atoms with Crippen molar-refractivity contribution in [1.29, 1.82) is 0 Å². The molecule has 0 aromatic heterocycles. The highest BCUT2D eigenvalue weighted by molar-refractivity contribution is 5.91. The summed E-state index contributed by atoms with van der Waals surface area (Å²) in [6, 6.07) is 5.13. The molecule has 0 bridgehead atoms. The van der Waals surface area contributed by atoms with E-state index < -0.39 is 11.9 Å². The van der Waals surface area contributed by atoms with Crippen LogP contribution < -0.4 is 10.1 Å². The number of likely N-dealkylation sites (tertiary alicyclic amines) is 1. The van der Waals surface area contributed by atoms with Gasteiger partial charge in [0.25, 0.3) is 0 Å². The van der Waals surface area contributed by atoms with Gasteiger partial charge in [0.2, 0.25) is 0 Å². The molecule has 1 unspecified atom stereocenters. The Balaban J connectivity index is 1.92. The van der Waals surface area contributed by atoms with Crippen LogP contribution in [-0.4, -0.2) is 55.4 Å². The van der Waals surface area contributed by atoms with Gasteiger partial charge < -0.3 is 24.8 Å². The van der Waals surface area contributed by atoms with Gasteiger partial charge in [0.1, 0.15) is 12.4 Å². The van der Waals surface area contributed by atoms with Crippen LogP contribution in [0.2, 0.25) is 0 Å². The van der Waals surface area contributed by atoms with Gasteiger partial charge in [-0.15, -0.1) is 0 Å². The van der Waals surface area contributed by atoms with Crippen LogP contribution in [0.1, 0.15) is 12.0 Å². The highest BCUT2D eigenvalue weighted by Gasteiger charge is 2.30. The number of amides is 2. The number of nitrogens with zero attached hydrogens (tertiary/aromatic N) is 1. The van der Waals surface area contributed by atoms with Gasteiger partial charge in [0, 0.05) is 25.9 Å². The average molecular weight is 322 g/mol. The molecule has 1 aromatic carbocycles. The van der Waals surface area contributed by atoms with Crippen LogP contribution in [0.15, 0.2) is 18.2 Å². The predicted molar refractivity (Wildman–Crippen MR) is 84.9 cm³/mol. The third-order valence-electron chi connectivity index (χ3n) is 3.82. The van der Waals surface area contributed by atoms with Crippen LogP contribution in [-0.2, 0) is 9.53 Å². The van der Waals surface area contributed by atoms with Crippen LogP contribution in [0.4, 0.5) is 10.5 Å². The van der Waals surface area contributed by atoms with E-state index >= 15 is 0 Å². The van der Waals surface area contributed by atoms with E-state index in [2.05, 4.69) is 5.32 Å². The fraction of sp³-hybridized carbons (Fsp3) is 0.500. The number of hydrogen-bond donors (Lipinski definition) is 2. The summed E-state index contributed by atoms with van der Waals surface area (Å²) in [6.45, 7) is 3.56. The number of carbonyl (C=O) groups is 2. The lowest BCUT2D eigenvalue weighted by Gasteiger charge is -2.18. The van der Waals surface area contributed by atoms with E-state index in [1.807, 2.05) is 13.0 Å². The van der Waals surface area contributed by atoms with Crippen molar-refractivity contribution in [3.8, 4) is 5.75 Å². The minimum absolute atomic E-state index is 0.248. The second-order valence-corrected chi connectivity index (χ2v) is 5.52. The van der Waals surface area contributed by atoms with Gasteiger partial charge in [0.15, 0.2) is 0 Å². The van der Waals surface area contributed by atoms with Crippen molar-refractivity contribution in [2.75, 3.05) is 38.7 Å². The lowest BCUT2D eigenvalue weighted by molar-refractivity contribution is -0.141. The molecule has 1 atom stereocenters. The molecule has 1 fully saturated rings. The largest absolute Gasteiger partial charge is 0.491 e. The third kappa shape index (κ3) is 4.59. The van der Waals surface area contributed by atoms with Crippen molar-refractivity contribution < 1.29 is 24.2 Å². The van der Waals surface area contributed by atoms with E-state index in [9.17, 15) is 9.59 Å². The Labute approximate surface area is 135 Å². The number of carboxylic acid groups (broad SMARTS) is 1. The molecule has 1 aliphatic heterocycles. The normalized spacial score (nSPS) is 17.1. The summed E-state index contributed by atoms with van der Waals surface area (Å²) in [5.41, 5.74) is 1.56. The molecule has 2 rings (SSSR count). The fourth-order valence-electron chi connectivity index (χ4n) is 2.45. The topological polar surface area (TPSA) is 88.1 Å². The molecule has 1 saturated heterocycles. The standard InChI is InChI=1S/C16H22N2O5/c1-11-9-13(23-8-7-22-2)3-4-14(11)17-16(21)18-6-5-12(10-18)15(19)20/h3-4,9,12H,5-8,10H2,1-2H3,(H,17,21)(H,19,20). The van der Waals surface area contributed by atoms with Crippen molar-refractivity contribution in [3.05, 3.63) is 23.8 Å². The number of anilines is 1. The van der Waals surface area contributed by atoms with Gasteiger partial charge in [-0.25, -0.2) is 4.79 Å². The maximum atomic E-state index is 12.2. The lowest BCUT2D eigenvalue weighted by atomic mass is 10.1. The number of carbonyl (C=O) groups excluding carboxylic acids is 1. The van der Waals surface area contributed by atoms with Gasteiger partial charge in [-0.05, 0) is 37.1 Å². The molecule has 2 N–H and O–H groups in total. The summed E-state index contributed by atoms with van der Waals surface area (Å²) in [6.07, 6.45) is 0.494. The van der Waals surface area contributed by atoms with E-state index in [-0.39, 0.29) is 12.6 Å². The molecule has 0 radical (unpaired) electrons. The number of ether oxygens (including phenoxy) is 2. The Hall–Kier alpha value is -2.28. The summed E-state index contributed by atoms with van der Waals surface area (Å²) in [5.74, 6) is -0.614. The average Bonchev–Trinajstić information content (AvgIpc) is 3.00. The first-order valence-electron chi connectivity index (χ1n) is 7.52. The second kappa shape index (κ2) is 7.82. The van der Waals surface area contributed by atoms with Crippen molar-refractivity contribution in [2.24, 2.45) is 5.92 Å². The summed E-state index contributed by atoms with van der Waals surface area (Å²) in [4.78, 5) is 24.7. The van der Waals surface area contributed by atoms with E-state index in [4.69, 9.17) is 14.6 Å². The Morgan fingerprint density at radius 2 is 2.17 bits per heavy atom. The lowest BCUT2D eigenvalue weighted by Crippen LogP contribution is -2.34. The summed E-state index contributed by atoms with van der Waals surface area (Å²) < 4.78 is 10.4. The SMILES string of the molecule is COCCOc1ccc(NC(=O)N2CCC(C(=O)O)C2)c(C)c1. The van der Waals surface area contributed by atoms with Crippen molar-refractivity contribution in [2.45, 2.75) is 13.3 Å². The van der Waals surface area contributed by atoms with Crippen molar-refractivity contribution >= 4 is 17.7 Å². The quantitative estimate of drug-likeness (QED) is 0.782. The van der Waals surface area contributed by atoms with E-state index in [1.54, 1.807) is 19.2 Å². The van der Waals surface area contributed by atoms with E-state index in [1.165, 1.54) is 4.90 Å². The van der Waals surface area contributed by atoms with Gasteiger partial charge in [-0.1, -0.05) is 0 Å². The highest BCUT2D eigenvalue weighted by atomic mass is 16.5. The molecule has 0 spiro atoms. The van der Waals surface area contributed by atoms with Gasteiger partial charge >= 0.3 is 12.0 Å². The molecule has 126 valence electrons. The van der Waals surface area contributed by atoms with Gasteiger partial charge in [-0.2, -0.15) is 0 Å². The Kier molecular flexibility index (Phi) is 5.81. The molecule has 1 aromatic rings. The maximum absolute atomic E-state index is 12.2. The zero-order chi connectivity index (χ0) is 16.8. The van der Waals surface area contributed by atoms with Crippen molar-refractivity contribution in [1.82, 2.24) is 4.90 Å². The smallest absolute Gasteiger partial charge is 0.321 e. The minimum Gasteiger partial charge on any atom is -0.491 e. The zero-order valence-corrected chi connectivity index (χ0v) is 13.4. The van der Waals surface area contributed by atoms with Crippen molar-refractivity contribution in [3.63, 3.8) is 0 Å². The van der Waals surface area contributed by atoms with E-state index in [0.29, 0.717) is 37.6 Å². The molecule has 1 heterocycles. The number of methoxy groups -OCH3 is 1. The molecule has 7 nitrogen and oxygen atoms in total. The number of aryl methyl sites for hydroxylation is 1. The monoisotopic (exact) mass is 322 g/mol.